The van der Waals surface area contributed by atoms with Crippen molar-refractivity contribution in [3.05, 3.63) is 52.9 Å². The van der Waals surface area contributed by atoms with Crippen LogP contribution in [0.3, 0.4) is 0 Å². The highest BCUT2D eigenvalue weighted by Crippen LogP contribution is 2.36. The van der Waals surface area contributed by atoms with E-state index in [0.29, 0.717) is 21.6 Å². The molecule has 0 aromatic heterocycles. The maximum Gasteiger partial charge on any atom is 0.266 e. The third-order valence-corrected chi connectivity index (χ3v) is 6.24. The monoisotopic (exact) mass is 439 g/mol. The molecule has 162 valence electrons. The second-order valence-electron chi connectivity index (χ2n) is 7.09. The van der Waals surface area contributed by atoms with Gasteiger partial charge in [0.2, 0.25) is 0 Å². The summed E-state index contributed by atoms with van der Waals surface area (Å²) < 4.78 is 16.1. The molecule has 31 heavy (non-hydrogen) atoms. The number of carbonyl (C=O) groups is 1. The number of carbonyl (C=O) groups excluding carboxylic acids is 1. The van der Waals surface area contributed by atoms with E-state index in [1.54, 1.807) is 26.2 Å². The van der Waals surface area contributed by atoms with Gasteiger partial charge in [-0.3, -0.25) is 9.69 Å². The number of nitrogens with zero attached hydrogens (tertiary/aromatic N) is 3. The van der Waals surface area contributed by atoms with Crippen molar-refractivity contribution in [3.63, 3.8) is 0 Å². The summed E-state index contributed by atoms with van der Waals surface area (Å²) >= 11 is 1.35. The highest BCUT2D eigenvalue weighted by Gasteiger charge is 2.30. The summed E-state index contributed by atoms with van der Waals surface area (Å²) in [4.78, 5) is 21.9. The minimum absolute atomic E-state index is 0.0986. The van der Waals surface area contributed by atoms with Crippen LogP contribution in [-0.4, -0.2) is 63.5 Å². The van der Waals surface area contributed by atoms with Gasteiger partial charge in [-0.25, -0.2) is 4.99 Å². The molecule has 0 N–H and O–H groups in total. The predicted octanol–water partition coefficient (Wildman–Crippen LogP) is 3.77. The van der Waals surface area contributed by atoms with Gasteiger partial charge in [0, 0.05) is 31.4 Å². The fraction of sp³-hybridized carbons (Fsp3) is 0.304. The van der Waals surface area contributed by atoms with Crippen molar-refractivity contribution in [1.29, 1.82) is 0 Å². The first kappa shape index (κ1) is 21.3. The number of methoxy groups -OCH3 is 2. The Morgan fingerprint density at radius 1 is 1.06 bits per heavy atom. The molecule has 0 atom stereocenters. The van der Waals surface area contributed by atoms with Crippen LogP contribution in [0, 0.1) is 0 Å². The Morgan fingerprint density at radius 3 is 2.48 bits per heavy atom. The molecule has 0 radical (unpaired) electrons. The van der Waals surface area contributed by atoms with Crippen molar-refractivity contribution >= 4 is 40.3 Å². The van der Waals surface area contributed by atoms with E-state index in [9.17, 15) is 4.79 Å². The Bertz CT molecular complexity index is 1010. The van der Waals surface area contributed by atoms with Gasteiger partial charge < -0.3 is 19.1 Å². The van der Waals surface area contributed by atoms with E-state index < -0.39 is 0 Å². The third kappa shape index (κ3) is 4.70. The number of anilines is 1. The lowest BCUT2D eigenvalue weighted by Crippen LogP contribution is -2.36. The molecule has 1 amide bonds. The zero-order valence-electron chi connectivity index (χ0n) is 17.8. The van der Waals surface area contributed by atoms with E-state index in [2.05, 4.69) is 22.0 Å². The van der Waals surface area contributed by atoms with Crippen LogP contribution in [0.2, 0.25) is 0 Å². The Balaban J connectivity index is 1.55. The van der Waals surface area contributed by atoms with Gasteiger partial charge in [-0.2, -0.15) is 0 Å². The van der Waals surface area contributed by atoms with Crippen LogP contribution in [0.15, 0.2) is 52.4 Å². The highest BCUT2D eigenvalue weighted by atomic mass is 32.2. The number of hydrogen-bond donors (Lipinski definition) is 0. The van der Waals surface area contributed by atoms with Crippen LogP contribution in [0.25, 0.3) is 6.08 Å². The Kier molecular flexibility index (Phi) is 6.48. The van der Waals surface area contributed by atoms with Crippen LogP contribution in [0.4, 0.5) is 11.4 Å². The minimum Gasteiger partial charge on any atom is -0.497 e. The van der Waals surface area contributed by atoms with E-state index >= 15 is 0 Å². The summed E-state index contributed by atoms with van der Waals surface area (Å²) in [7, 11) is 4.95. The predicted molar refractivity (Wildman–Crippen MR) is 124 cm³/mol. The van der Waals surface area contributed by atoms with Crippen molar-refractivity contribution in [2.75, 3.05) is 52.5 Å². The molecular formula is C23H25N3O4S. The lowest BCUT2D eigenvalue weighted by atomic mass is 10.1. The first-order chi connectivity index (χ1) is 15.1. The Hall–Kier alpha value is -2.97. The summed E-state index contributed by atoms with van der Waals surface area (Å²) in [6.07, 6.45) is 1.81. The highest BCUT2D eigenvalue weighted by molar-refractivity contribution is 8.18. The second kappa shape index (κ2) is 9.45. The maximum atomic E-state index is 12.8. The van der Waals surface area contributed by atoms with Crippen molar-refractivity contribution in [2.45, 2.75) is 0 Å². The average molecular weight is 440 g/mol. The SMILES string of the molecule is COc1ccc(OC)c(/C=C2\SC(=Nc3ccc(N4CCOCC4)cc3)N(C)C2=O)c1. The summed E-state index contributed by atoms with van der Waals surface area (Å²) in [5.41, 5.74) is 2.74. The summed E-state index contributed by atoms with van der Waals surface area (Å²) in [5, 5.41) is 0.636. The number of rotatable bonds is 5. The first-order valence-electron chi connectivity index (χ1n) is 10.00. The molecule has 4 rings (SSSR count). The standard InChI is InChI=1S/C23H25N3O4S/c1-25-22(27)21(15-16-14-19(28-2)8-9-20(16)29-3)31-23(25)24-17-4-6-18(7-5-17)26-10-12-30-13-11-26/h4-9,14-15H,10-13H2,1-3H3/b21-15-,24-23?. The quantitative estimate of drug-likeness (QED) is 0.661. The van der Waals surface area contributed by atoms with E-state index in [1.165, 1.54) is 11.8 Å². The Morgan fingerprint density at radius 2 is 1.81 bits per heavy atom. The second-order valence-corrected chi connectivity index (χ2v) is 8.10. The number of ether oxygens (including phenoxy) is 3. The van der Waals surface area contributed by atoms with Crippen LogP contribution in [0.1, 0.15) is 5.56 Å². The minimum atomic E-state index is -0.0986. The Labute approximate surface area is 186 Å². The van der Waals surface area contributed by atoms with Crippen LogP contribution in [-0.2, 0) is 9.53 Å². The van der Waals surface area contributed by atoms with E-state index in [0.717, 1.165) is 43.2 Å². The summed E-state index contributed by atoms with van der Waals surface area (Å²) in [6.45, 7) is 3.28. The van der Waals surface area contributed by atoms with Crippen LogP contribution >= 0.6 is 11.8 Å². The van der Waals surface area contributed by atoms with E-state index in [-0.39, 0.29) is 5.91 Å². The molecule has 2 aromatic rings. The fourth-order valence-corrected chi connectivity index (χ4v) is 4.39. The molecule has 0 aliphatic carbocycles. The zero-order chi connectivity index (χ0) is 21.8. The number of amidine groups is 1. The van der Waals surface area contributed by atoms with E-state index in [4.69, 9.17) is 14.2 Å². The molecule has 2 aliphatic rings. The van der Waals surface area contributed by atoms with Gasteiger partial charge in [0.25, 0.3) is 5.91 Å². The molecule has 0 unspecified atom stereocenters. The summed E-state index contributed by atoms with van der Waals surface area (Å²) in [5.74, 6) is 1.28. The number of hydrogen-bond acceptors (Lipinski definition) is 7. The smallest absolute Gasteiger partial charge is 0.266 e. The van der Waals surface area contributed by atoms with E-state index in [1.807, 2.05) is 36.4 Å². The normalized spacial score (nSPS) is 19.4. The molecule has 0 spiro atoms. The molecule has 2 aliphatic heterocycles. The average Bonchev–Trinajstić information content (AvgIpc) is 3.07. The van der Waals surface area contributed by atoms with Crippen LogP contribution in [0.5, 0.6) is 11.5 Å². The molecule has 0 saturated carbocycles. The van der Waals surface area contributed by atoms with Gasteiger partial charge >= 0.3 is 0 Å². The summed E-state index contributed by atoms with van der Waals surface area (Å²) in [6, 6.07) is 13.6. The number of aliphatic imine (C=N–C) groups is 1. The number of amides is 1. The number of thioether (sulfide) groups is 1. The lowest BCUT2D eigenvalue weighted by Gasteiger charge is -2.28. The number of benzene rings is 2. The van der Waals surface area contributed by atoms with Crippen molar-refractivity contribution < 1.29 is 19.0 Å². The van der Waals surface area contributed by atoms with Gasteiger partial charge in [0.15, 0.2) is 5.17 Å². The fourth-order valence-electron chi connectivity index (χ4n) is 3.42. The molecule has 2 saturated heterocycles. The van der Waals surface area contributed by atoms with Gasteiger partial charge in [-0.15, -0.1) is 0 Å². The molecule has 7 nitrogen and oxygen atoms in total. The van der Waals surface area contributed by atoms with Gasteiger partial charge in [-0.1, -0.05) is 0 Å². The number of morpholine rings is 1. The molecule has 8 heteroatoms. The lowest BCUT2D eigenvalue weighted by molar-refractivity contribution is -0.121. The number of likely N-dealkylation sites (N-methyl/N-ethyl adjacent to an activating group) is 1. The van der Waals surface area contributed by atoms with Crippen LogP contribution < -0.4 is 14.4 Å². The van der Waals surface area contributed by atoms with Crippen molar-refractivity contribution in [1.82, 2.24) is 4.90 Å². The van der Waals surface area contributed by atoms with Gasteiger partial charge in [0.1, 0.15) is 11.5 Å². The maximum absolute atomic E-state index is 12.8. The molecule has 2 aromatic carbocycles. The van der Waals surface area contributed by atoms with Crippen molar-refractivity contribution in [2.24, 2.45) is 4.99 Å². The van der Waals surface area contributed by atoms with Gasteiger partial charge in [-0.05, 0) is 60.3 Å². The van der Waals surface area contributed by atoms with Gasteiger partial charge in [0.05, 0.1) is 38.0 Å². The molecule has 2 heterocycles. The topological polar surface area (TPSA) is 63.6 Å². The molecule has 0 bridgehead atoms. The molecular weight excluding hydrogens is 414 g/mol. The third-order valence-electron chi connectivity index (χ3n) is 5.18. The largest absolute Gasteiger partial charge is 0.497 e. The zero-order valence-corrected chi connectivity index (χ0v) is 18.6. The van der Waals surface area contributed by atoms with Crippen molar-refractivity contribution in [3.8, 4) is 11.5 Å². The first-order valence-corrected chi connectivity index (χ1v) is 10.8. The molecule has 2 fully saturated rings.